The molecule has 0 bridgehead atoms. The Morgan fingerprint density at radius 2 is 1.93 bits per heavy atom. The van der Waals surface area contributed by atoms with Crippen LogP contribution in [0.4, 0.5) is 0 Å². The number of thiazole rings is 1. The lowest BCUT2D eigenvalue weighted by molar-refractivity contribution is 0.0691. The van der Waals surface area contributed by atoms with Crippen molar-refractivity contribution in [1.29, 1.82) is 0 Å². The van der Waals surface area contributed by atoms with Crippen molar-refractivity contribution in [3.8, 4) is 0 Å². The van der Waals surface area contributed by atoms with Crippen molar-refractivity contribution in [2.45, 2.75) is 26.4 Å². The molecule has 2 heterocycles. The molecule has 0 saturated heterocycles. The first-order valence-electron chi connectivity index (χ1n) is 9.59. The number of carbonyl (C=O) groups is 1. The minimum Gasteiger partial charge on any atom is -0.476 e. The smallest absolute Gasteiger partial charge is 0.355 e. The number of nitrogens with one attached hydrogen (secondary N) is 1. The van der Waals surface area contributed by atoms with E-state index >= 15 is 0 Å². The van der Waals surface area contributed by atoms with Crippen molar-refractivity contribution in [3.05, 3.63) is 87.5 Å². The van der Waals surface area contributed by atoms with Crippen LogP contribution >= 0.6 is 11.3 Å². The zero-order valence-corrected chi connectivity index (χ0v) is 17.1. The van der Waals surface area contributed by atoms with Gasteiger partial charge in [-0.1, -0.05) is 48.0 Å². The molecule has 6 heteroatoms. The fraction of sp³-hybridized carbons (Fsp3) is 0.217. The van der Waals surface area contributed by atoms with Crippen molar-refractivity contribution in [2.75, 3.05) is 6.54 Å². The molecular formula is C23H23N3O2S. The average Bonchev–Trinajstić information content (AvgIpc) is 3.35. The average molecular weight is 406 g/mol. The normalized spacial score (nSPS) is 11.4. The van der Waals surface area contributed by atoms with E-state index in [4.69, 9.17) is 5.11 Å². The number of aryl methyl sites for hydroxylation is 1. The lowest BCUT2D eigenvalue weighted by atomic mass is 10.1. The summed E-state index contributed by atoms with van der Waals surface area (Å²) in [4.78, 5) is 21.1. The maximum absolute atomic E-state index is 11.2. The van der Waals surface area contributed by atoms with Crippen LogP contribution in [0.3, 0.4) is 0 Å². The molecule has 2 aromatic carbocycles. The first kappa shape index (κ1) is 19.4. The van der Waals surface area contributed by atoms with Gasteiger partial charge in [0.05, 0.1) is 6.54 Å². The number of carboxylic acids is 1. The Kier molecular flexibility index (Phi) is 5.74. The molecule has 0 atom stereocenters. The van der Waals surface area contributed by atoms with E-state index in [1.54, 1.807) is 5.38 Å². The predicted octanol–water partition coefficient (Wildman–Crippen LogP) is 4.88. The van der Waals surface area contributed by atoms with Crippen molar-refractivity contribution in [3.63, 3.8) is 0 Å². The minimum absolute atomic E-state index is 0.122. The molecule has 4 aromatic rings. The zero-order valence-electron chi connectivity index (χ0n) is 16.3. The summed E-state index contributed by atoms with van der Waals surface area (Å²) in [7, 11) is 0. The summed E-state index contributed by atoms with van der Waals surface area (Å²) in [6, 6.07) is 16.9. The van der Waals surface area contributed by atoms with Crippen molar-refractivity contribution in [1.82, 2.24) is 14.9 Å². The first-order chi connectivity index (χ1) is 14.1. The Morgan fingerprint density at radius 1 is 1.14 bits per heavy atom. The van der Waals surface area contributed by atoms with Crippen LogP contribution in [-0.4, -0.2) is 32.5 Å². The second-order valence-electron chi connectivity index (χ2n) is 7.24. The molecule has 5 nitrogen and oxygen atoms in total. The van der Waals surface area contributed by atoms with Crippen molar-refractivity contribution >= 4 is 28.2 Å². The number of para-hydroxylation sites is 1. The number of hydrogen-bond acceptors (Lipinski definition) is 4. The Bertz CT molecular complexity index is 1110. The Morgan fingerprint density at radius 3 is 2.69 bits per heavy atom. The number of carboxylic acid groups (broad SMARTS) is 1. The van der Waals surface area contributed by atoms with Gasteiger partial charge in [0.25, 0.3) is 0 Å². The highest BCUT2D eigenvalue weighted by Gasteiger charge is 2.14. The molecule has 2 N–H and O–H groups in total. The van der Waals surface area contributed by atoms with E-state index in [-0.39, 0.29) is 5.69 Å². The van der Waals surface area contributed by atoms with E-state index in [0.29, 0.717) is 6.54 Å². The van der Waals surface area contributed by atoms with Crippen LogP contribution in [-0.2, 0) is 19.5 Å². The maximum Gasteiger partial charge on any atom is 0.355 e. The Labute approximate surface area is 173 Å². The van der Waals surface area contributed by atoms with E-state index in [2.05, 4.69) is 70.5 Å². The van der Waals surface area contributed by atoms with E-state index in [0.717, 1.165) is 30.0 Å². The quantitative estimate of drug-likeness (QED) is 0.439. The topological polar surface area (TPSA) is 69.2 Å². The number of aromatic nitrogens is 2. The molecule has 0 aliphatic carbocycles. The third-order valence-corrected chi connectivity index (χ3v) is 5.86. The SMILES string of the molecule is Cc1ccc(CN(CCc2c[nH]c3ccccc23)Cc2nc(C(=O)O)cs2)cc1. The monoisotopic (exact) mass is 405 g/mol. The summed E-state index contributed by atoms with van der Waals surface area (Å²) in [5, 5.41) is 12.8. The Balaban J connectivity index is 1.51. The lowest BCUT2D eigenvalue weighted by Gasteiger charge is -2.21. The molecule has 0 aliphatic rings. The highest BCUT2D eigenvalue weighted by atomic mass is 32.1. The van der Waals surface area contributed by atoms with Gasteiger partial charge in [-0.3, -0.25) is 4.90 Å². The molecule has 0 radical (unpaired) electrons. The highest BCUT2D eigenvalue weighted by molar-refractivity contribution is 7.09. The largest absolute Gasteiger partial charge is 0.476 e. The molecule has 0 saturated carbocycles. The zero-order chi connectivity index (χ0) is 20.2. The van der Waals surface area contributed by atoms with Crippen LogP contribution in [0.2, 0.25) is 0 Å². The van der Waals surface area contributed by atoms with Gasteiger partial charge in [-0.15, -0.1) is 11.3 Å². The lowest BCUT2D eigenvalue weighted by Crippen LogP contribution is -2.25. The summed E-state index contributed by atoms with van der Waals surface area (Å²) < 4.78 is 0. The van der Waals surface area contributed by atoms with Gasteiger partial charge < -0.3 is 10.1 Å². The molecule has 0 spiro atoms. The number of aromatic amines is 1. The van der Waals surface area contributed by atoms with Crippen molar-refractivity contribution in [2.24, 2.45) is 0 Å². The van der Waals surface area contributed by atoms with Gasteiger partial charge in [0.1, 0.15) is 5.01 Å². The second kappa shape index (κ2) is 8.59. The number of H-pyrrole nitrogens is 1. The molecule has 0 unspecified atom stereocenters. The van der Waals surface area contributed by atoms with Crippen LogP contribution in [0.25, 0.3) is 10.9 Å². The molecule has 0 aliphatic heterocycles. The molecule has 0 fully saturated rings. The molecule has 2 aromatic heterocycles. The van der Waals surface area contributed by atoms with Gasteiger partial charge in [-0.05, 0) is 30.5 Å². The fourth-order valence-electron chi connectivity index (χ4n) is 3.46. The first-order valence-corrected chi connectivity index (χ1v) is 10.5. The number of aromatic carboxylic acids is 1. The van der Waals surface area contributed by atoms with E-state index in [1.165, 1.54) is 33.4 Å². The van der Waals surface area contributed by atoms with Crippen molar-refractivity contribution < 1.29 is 9.90 Å². The number of benzene rings is 2. The molecule has 4 rings (SSSR count). The van der Waals surface area contributed by atoms with Crippen LogP contribution < -0.4 is 0 Å². The third-order valence-electron chi connectivity index (χ3n) is 5.03. The molecule has 29 heavy (non-hydrogen) atoms. The molecule has 148 valence electrons. The summed E-state index contributed by atoms with van der Waals surface area (Å²) in [6.07, 6.45) is 2.99. The fourth-order valence-corrected chi connectivity index (χ4v) is 4.27. The Hall–Kier alpha value is -2.96. The van der Waals surface area contributed by atoms with Gasteiger partial charge in [-0.2, -0.15) is 0 Å². The predicted molar refractivity (Wildman–Crippen MR) is 116 cm³/mol. The summed E-state index contributed by atoms with van der Waals surface area (Å²) in [5.41, 5.74) is 5.05. The van der Waals surface area contributed by atoms with Crippen LogP contribution in [0.15, 0.2) is 60.1 Å². The highest BCUT2D eigenvalue weighted by Crippen LogP contribution is 2.20. The van der Waals surface area contributed by atoms with Gasteiger partial charge in [0.15, 0.2) is 5.69 Å². The summed E-state index contributed by atoms with van der Waals surface area (Å²) in [6.45, 7) is 4.37. The van der Waals surface area contributed by atoms with Crippen LogP contribution in [0, 0.1) is 6.92 Å². The third kappa shape index (κ3) is 4.72. The number of nitrogens with zero attached hydrogens (tertiary/aromatic N) is 2. The summed E-state index contributed by atoms with van der Waals surface area (Å²) in [5.74, 6) is -0.976. The van der Waals surface area contributed by atoms with Gasteiger partial charge >= 0.3 is 5.97 Å². The molecule has 0 amide bonds. The minimum atomic E-state index is -0.976. The number of fused-ring (bicyclic) bond motifs is 1. The number of hydrogen-bond donors (Lipinski definition) is 2. The van der Waals surface area contributed by atoms with Crippen LogP contribution in [0.5, 0.6) is 0 Å². The summed E-state index contributed by atoms with van der Waals surface area (Å²) >= 11 is 1.41. The van der Waals surface area contributed by atoms with Gasteiger partial charge in [0, 0.05) is 35.6 Å². The second-order valence-corrected chi connectivity index (χ2v) is 8.18. The van der Waals surface area contributed by atoms with E-state index in [9.17, 15) is 4.79 Å². The van der Waals surface area contributed by atoms with Gasteiger partial charge in [-0.25, -0.2) is 9.78 Å². The number of rotatable bonds is 8. The van der Waals surface area contributed by atoms with E-state index in [1.807, 2.05) is 6.07 Å². The standard InChI is InChI=1S/C23H23N3O2S/c1-16-6-8-17(9-7-16)13-26(14-22-25-21(15-29-22)23(27)28)11-10-18-12-24-20-5-3-2-4-19(18)20/h2-9,12,15,24H,10-11,13-14H2,1H3,(H,27,28). The van der Waals surface area contributed by atoms with Gasteiger partial charge in [0.2, 0.25) is 0 Å². The maximum atomic E-state index is 11.2. The van der Waals surface area contributed by atoms with E-state index < -0.39 is 5.97 Å². The molecular weight excluding hydrogens is 382 g/mol. The van der Waals surface area contributed by atoms with Crippen LogP contribution in [0.1, 0.15) is 32.2 Å².